The van der Waals surface area contributed by atoms with Crippen molar-refractivity contribution in [3.8, 4) is 11.5 Å². The van der Waals surface area contributed by atoms with Crippen LogP contribution in [-0.4, -0.2) is 19.6 Å². The zero-order valence-corrected chi connectivity index (χ0v) is 12.2. The van der Waals surface area contributed by atoms with E-state index >= 15 is 0 Å². The standard InChI is InChI=1S/C17H19NO3/c1-13(14-7-6-10-16(11-14)20-2)18-17(19)12-21-15-8-4-3-5-9-15/h3-11,13H,12H2,1-2H3,(H,18,19)/t13-/m0/s1. The third kappa shape index (κ3) is 4.53. The number of benzene rings is 2. The van der Waals surface area contributed by atoms with Gasteiger partial charge in [-0.3, -0.25) is 4.79 Å². The molecule has 2 aromatic rings. The van der Waals surface area contributed by atoms with Crippen LogP contribution in [0.1, 0.15) is 18.5 Å². The third-order valence-electron chi connectivity index (χ3n) is 3.08. The van der Waals surface area contributed by atoms with Gasteiger partial charge in [-0.2, -0.15) is 0 Å². The minimum Gasteiger partial charge on any atom is -0.497 e. The summed E-state index contributed by atoms with van der Waals surface area (Å²) in [5.74, 6) is 1.30. The molecule has 110 valence electrons. The van der Waals surface area contributed by atoms with Gasteiger partial charge in [-0.1, -0.05) is 30.3 Å². The fourth-order valence-corrected chi connectivity index (χ4v) is 1.94. The summed E-state index contributed by atoms with van der Waals surface area (Å²) in [4.78, 5) is 11.9. The molecule has 0 aromatic heterocycles. The molecule has 4 nitrogen and oxygen atoms in total. The minimum absolute atomic E-state index is 0.00166. The zero-order chi connectivity index (χ0) is 15.1. The van der Waals surface area contributed by atoms with Crippen LogP contribution >= 0.6 is 0 Å². The Morgan fingerprint density at radius 2 is 1.81 bits per heavy atom. The molecule has 0 spiro atoms. The molecule has 0 aliphatic rings. The van der Waals surface area contributed by atoms with Gasteiger partial charge >= 0.3 is 0 Å². The molecule has 0 bridgehead atoms. The van der Waals surface area contributed by atoms with Crippen molar-refractivity contribution in [1.29, 1.82) is 0 Å². The van der Waals surface area contributed by atoms with Crippen molar-refractivity contribution in [2.75, 3.05) is 13.7 Å². The first-order chi connectivity index (χ1) is 10.2. The molecule has 0 radical (unpaired) electrons. The molecule has 2 aromatic carbocycles. The normalized spacial score (nSPS) is 11.5. The average Bonchev–Trinajstić information content (AvgIpc) is 2.54. The monoisotopic (exact) mass is 285 g/mol. The summed E-state index contributed by atoms with van der Waals surface area (Å²) in [6, 6.07) is 16.8. The number of amides is 1. The molecule has 0 fully saturated rings. The van der Waals surface area contributed by atoms with E-state index in [1.165, 1.54) is 0 Å². The van der Waals surface area contributed by atoms with E-state index in [1.54, 1.807) is 7.11 Å². The summed E-state index contributed by atoms with van der Waals surface area (Å²) in [5, 5.41) is 2.90. The Bertz CT molecular complexity index is 584. The highest BCUT2D eigenvalue weighted by Crippen LogP contribution is 2.18. The zero-order valence-electron chi connectivity index (χ0n) is 12.2. The van der Waals surface area contributed by atoms with Crippen molar-refractivity contribution >= 4 is 5.91 Å². The molecule has 0 heterocycles. The Hall–Kier alpha value is -2.49. The van der Waals surface area contributed by atoms with Gasteiger partial charge in [-0.25, -0.2) is 0 Å². The first-order valence-electron chi connectivity index (χ1n) is 6.80. The number of ether oxygens (including phenoxy) is 2. The molecule has 0 aliphatic heterocycles. The summed E-state index contributed by atoms with van der Waals surface area (Å²) >= 11 is 0. The molecular weight excluding hydrogens is 266 g/mol. The number of hydrogen-bond acceptors (Lipinski definition) is 3. The van der Waals surface area contributed by atoms with E-state index in [-0.39, 0.29) is 18.6 Å². The van der Waals surface area contributed by atoms with E-state index in [2.05, 4.69) is 5.32 Å². The van der Waals surface area contributed by atoms with Crippen LogP contribution in [0.3, 0.4) is 0 Å². The van der Waals surface area contributed by atoms with Crippen LogP contribution in [0, 0.1) is 0 Å². The first-order valence-corrected chi connectivity index (χ1v) is 6.80. The lowest BCUT2D eigenvalue weighted by Crippen LogP contribution is -2.31. The highest BCUT2D eigenvalue weighted by molar-refractivity contribution is 5.78. The van der Waals surface area contributed by atoms with Crippen molar-refractivity contribution < 1.29 is 14.3 Å². The van der Waals surface area contributed by atoms with Crippen LogP contribution in [0.4, 0.5) is 0 Å². The van der Waals surface area contributed by atoms with E-state index in [1.807, 2.05) is 61.5 Å². The molecule has 1 N–H and O–H groups in total. The Morgan fingerprint density at radius 3 is 2.52 bits per heavy atom. The summed E-state index contributed by atoms with van der Waals surface area (Å²) < 4.78 is 10.6. The van der Waals surface area contributed by atoms with E-state index < -0.39 is 0 Å². The molecule has 0 saturated carbocycles. The number of nitrogens with one attached hydrogen (secondary N) is 1. The van der Waals surface area contributed by atoms with Crippen LogP contribution in [0.5, 0.6) is 11.5 Å². The van der Waals surface area contributed by atoms with E-state index in [0.717, 1.165) is 11.3 Å². The van der Waals surface area contributed by atoms with Gasteiger partial charge in [0.05, 0.1) is 13.2 Å². The average molecular weight is 285 g/mol. The predicted molar refractivity (Wildman–Crippen MR) is 81.5 cm³/mol. The Balaban J connectivity index is 1.87. The minimum atomic E-state index is -0.158. The predicted octanol–water partition coefficient (Wildman–Crippen LogP) is 2.95. The number of carbonyl (C=O) groups is 1. The molecule has 0 unspecified atom stereocenters. The highest BCUT2D eigenvalue weighted by atomic mass is 16.5. The van der Waals surface area contributed by atoms with E-state index in [4.69, 9.17) is 9.47 Å². The van der Waals surface area contributed by atoms with Crippen molar-refractivity contribution in [3.05, 3.63) is 60.2 Å². The van der Waals surface area contributed by atoms with Crippen molar-refractivity contribution in [2.45, 2.75) is 13.0 Å². The summed E-state index contributed by atoms with van der Waals surface area (Å²) in [6.07, 6.45) is 0. The number of carbonyl (C=O) groups excluding carboxylic acids is 1. The molecule has 21 heavy (non-hydrogen) atoms. The fraction of sp³-hybridized carbons (Fsp3) is 0.235. The van der Waals surface area contributed by atoms with Gasteiger partial charge in [0.25, 0.3) is 5.91 Å². The van der Waals surface area contributed by atoms with Crippen LogP contribution in [0.25, 0.3) is 0 Å². The Labute approximate surface area is 124 Å². The number of methoxy groups -OCH3 is 1. The topological polar surface area (TPSA) is 47.6 Å². The van der Waals surface area contributed by atoms with Gasteiger partial charge in [-0.05, 0) is 36.8 Å². The Morgan fingerprint density at radius 1 is 1.10 bits per heavy atom. The number of para-hydroxylation sites is 1. The fourth-order valence-electron chi connectivity index (χ4n) is 1.94. The first kappa shape index (κ1) is 14.9. The maximum absolute atomic E-state index is 11.9. The largest absolute Gasteiger partial charge is 0.497 e. The number of rotatable bonds is 6. The molecule has 0 aliphatic carbocycles. The second-order valence-electron chi connectivity index (χ2n) is 4.67. The summed E-state index contributed by atoms with van der Waals surface area (Å²) in [6.45, 7) is 1.92. The van der Waals surface area contributed by atoms with Gasteiger partial charge in [0, 0.05) is 0 Å². The van der Waals surface area contributed by atoms with Gasteiger partial charge in [0.2, 0.25) is 0 Å². The van der Waals surface area contributed by atoms with Crippen molar-refractivity contribution in [2.24, 2.45) is 0 Å². The van der Waals surface area contributed by atoms with Gasteiger partial charge in [-0.15, -0.1) is 0 Å². The third-order valence-corrected chi connectivity index (χ3v) is 3.08. The number of hydrogen-bond donors (Lipinski definition) is 1. The molecule has 2 rings (SSSR count). The lowest BCUT2D eigenvalue weighted by Gasteiger charge is -2.15. The molecule has 1 atom stereocenters. The quantitative estimate of drug-likeness (QED) is 0.887. The van der Waals surface area contributed by atoms with Crippen molar-refractivity contribution in [1.82, 2.24) is 5.32 Å². The maximum atomic E-state index is 11.9. The van der Waals surface area contributed by atoms with E-state index in [9.17, 15) is 4.79 Å². The lowest BCUT2D eigenvalue weighted by atomic mass is 10.1. The highest BCUT2D eigenvalue weighted by Gasteiger charge is 2.10. The maximum Gasteiger partial charge on any atom is 0.258 e. The smallest absolute Gasteiger partial charge is 0.258 e. The molecule has 4 heteroatoms. The second-order valence-corrected chi connectivity index (χ2v) is 4.67. The van der Waals surface area contributed by atoms with Gasteiger partial charge in [0.1, 0.15) is 11.5 Å². The van der Waals surface area contributed by atoms with Gasteiger partial charge < -0.3 is 14.8 Å². The lowest BCUT2D eigenvalue weighted by molar-refractivity contribution is -0.123. The SMILES string of the molecule is COc1cccc([C@H](C)NC(=O)COc2ccccc2)c1. The molecule has 1 amide bonds. The van der Waals surface area contributed by atoms with Crippen LogP contribution in [-0.2, 0) is 4.79 Å². The summed E-state index contributed by atoms with van der Waals surface area (Å²) in [7, 11) is 1.62. The van der Waals surface area contributed by atoms with E-state index in [0.29, 0.717) is 5.75 Å². The van der Waals surface area contributed by atoms with Crippen LogP contribution in [0.2, 0.25) is 0 Å². The molecular formula is C17H19NO3. The van der Waals surface area contributed by atoms with Gasteiger partial charge in [0.15, 0.2) is 6.61 Å². The van der Waals surface area contributed by atoms with Crippen molar-refractivity contribution in [3.63, 3.8) is 0 Å². The van der Waals surface area contributed by atoms with Crippen LogP contribution in [0.15, 0.2) is 54.6 Å². The molecule has 0 saturated heterocycles. The van der Waals surface area contributed by atoms with Crippen LogP contribution < -0.4 is 14.8 Å². The second kappa shape index (κ2) is 7.33. The summed E-state index contributed by atoms with van der Waals surface area (Å²) in [5.41, 5.74) is 0.988. The Kier molecular flexibility index (Phi) is 5.21.